The number of carbonyl (C=O) groups excluding carboxylic acids is 1. The molecule has 0 heterocycles. The van der Waals surface area contributed by atoms with Crippen LogP contribution in [-0.4, -0.2) is 29.1 Å². The third-order valence-corrected chi connectivity index (χ3v) is 3.16. The van der Waals surface area contributed by atoms with Crippen LogP contribution in [0.2, 0.25) is 0 Å². The van der Waals surface area contributed by atoms with Crippen LogP contribution in [0.4, 0.5) is 0 Å². The monoisotopic (exact) mass is 249 g/mol. The van der Waals surface area contributed by atoms with Crippen LogP contribution in [-0.2, 0) is 11.3 Å². The van der Waals surface area contributed by atoms with Gasteiger partial charge < -0.3 is 10.0 Å². The average Bonchev–Trinajstić information content (AvgIpc) is 2.39. The minimum atomic E-state index is 0.0130. The van der Waals surface area contributed by atoms with E-state index in [4.69, 9.17) is 5.11 Å². The van der Waals surface area contributed by atoms with Crippen molar-refractivity contribution in [3.8, 4) is 0 Å². The third-order valence-electron chi connectivity index (χ3n) is 3.16. The lowest BCUT2D eigenvalue weighted by atomic mass is 10.0. The highest BCUT2D eigenvalue weighted by molar-refractivity contribution is 5.76. The number of aliphatic hydroxyl groups excluding tert-OH is 1. The molecule has 1 aromatic carbocycles. The lowest BCUT2D eigenvalue weighted by Gasteiger charge is -2.23. The van der Waals surface area contributed by atoms with Crippen molar-refractivity contribution in [2.75, 3.05) is 13.2 Å². The second-order valence-corrected chi connectivity index (χ2v) is 4.74. The van der Waals surface area contributed by atoms with Crippen molar-refractivity contribution in [1.82, 2.24) is 4.90 Å². The molecule has 1 rings (SSSR count). The first-order chi connectivity index (χ1) is 8.67. The van der Waals surface area contributed by atoms with Gasteiger partial charge in [-0.1, -0.05) is 50.6 Å². The molecule has 0 saturated carbocycles. The van der Waals surface area contributed by atoms with Gasteiger partial charge in [-0.2, -0.15) is 0 Å². The van der Waals surface area contributed by atoms with E-state index in [0.29, 0.717) is 25.4 Å². The lowest BCUT2D eigenvalue weighted by Crippen LogP contribution is -2.33. The van der Waals surface area contributed by atoms with Gasteiger partial charge in [-0.25, -0.2) is 0 Å². The molecule has 1 atom stereocenters. The molecule has 0 bridgehead atoms. The highest BCUT2D eigenvalue weighted by atomic mass is 16.3. The summed E-state index contributed by atoms with van der Waals surface area (Å²) < 4.78 is 0. The fourth-order valence-corrected chi connectivity index (χ4v) is 1.79. The Morgan fingerprint density at radius 1 is 1.33 bits per heavy atom. The van der Waals surface area contributed by atoms with E-state index >= 15 is 0 Å². The molecule has 0 aliphatic heterocycles. The number of hydrogen-bond donors (Lipinski definition) is 1. The largest absolute Gasteiger partial charge is 0.395 e. The van der Waals surface area contributed by atoms with Crippen molar-refractivity contribution in [1.29, 1.82) is 0 Å². The highest BCUT2D eigenvalue weighted by Crippen LogP contribution is 2.11. The van der Waals surface area contributed by atoms with Crippen LogP contribution in [0.25, 0.3) is 0 Å². The van der Waals surface area contributed by atoms with Gasteiger partial charge in [0.2, 0.25) is 5.91 Å². The molecule has 0 radical (unpaired) electrons. The molecule has 18 heavy (non-hydrogen) atoms. The van der Waals surface area contributed by atoms with E-state index in [-0.39, 0.29) is 12.5 Å². The van der Waals surface area contributed by atoms with Crippen molar-refractivity contribution in [2.45, 2.75) is 33.2 Å². The number of hydrogen-bond acceptors (Lipinski definition) is 2. The molecule has 0 aliphatic carbocycles. The van der Waals surface area contributed by atoms with Crippen LogP contribution in [0.3, 0.4) is 0 Å². The van der Waals surface area contributed by atoms with Crippen molar-refractivity contribution in [3.63, 3.8) is 0 Å². The first kappa shape index (κ1) is 14.7. The van der Waals surface area contributed by atoms with E-state index in [1.807, 2.05) is 30.3 Å². The first-order valence-corrected chi connectivity index (χ1v) is 6.60. The lowest BCUT2D eigenvalue weighted by molar-refractivity contribution is -0.133. The molecule has 3 nitrogen and oxygen atoms in total. The Bertz CT molecular complexity index is 351. The van der Waals surface area contributed by atoms with Crippen LogP contribution in [0, 0.1) is 5.92 Å². The van der Waals surface area contributed by atoms with Gasteiger partial charge >= 0.3 is 0 Å². The summed E-state index contributed by atoms with van der Waals surface area (Å²) in [5, 5.41) is 9.06. The number of rotatable bonds is 7. The molecule has 0 spiro atoms. The van der Waals surface area contributed by atoms with Gasteiger partial charge in [0.25, 0.3) is 0 Å². The first-order valence-electron chi connectivity index (χ1n) is 6.60. The standard InChI is InChI=1S/C15H23NO2/c1-3-13(2)11-15(18)16(9-10-17)12-14-7-5-4-6-8-14/h4-8,13,17H,3,9-12H2,1-2H3. The van der Waals surface area contributed by atoms with E-state index in [1.165, 1.54) is 0 Å². The zero-order chi connectivity index (χ0) is 13.4. The Hall–Kier alpha value is -1.35. The zero-order valence-electron chi connectivity index (χ0n) is 11.3. The van der Waals surface area contributed by atoms with Crippen molar-refractivity contribution >= 4 is 5.91 Å². The maximum Gasteiger partial charge on any atom is 0.223 e. The molecular weight excluding hydrogens is 226 g/mol. The zero-order valence-corrected chi connectivity index (χ0v) is 11.3. The number of carbonyl (C=O) groups is 1. The van der Waals surface area contributed by atoms with Crippen molar-refractivity contribution in [3.05, 3.63) is 35.9 Å². The summed E-state index contributed by atoms with van der Waals surface area (Å²) in [4.78, 5) is 13.9. The minimum absolute atomic E-state index is 0.0130. The highest BCUT2D eigenvalue weighted by Gasteiger charge is 2.15. The Morgan fingerprint density at radius 2 is 2.00 bits per heavy atom. The molecule has 0 saturated heterocycles. The Labute approximate surface area is 109 Å². The number of nitrogens with zero attached hydrogens (tertiary/aromatic N) is 1. The van der Waals surface area contributed by atoms with E-state index in [0.717, 1.165) is 12.0 Å². The van der Waals surface area contributed by atoms with Gasteiger partial charge in [-0.3, -0.25) is 4.79 Å². The Balaban J connectivity index is 2.61. The SMILES string of the molecule is CCC(C)CC(=O)N(CCO)Cc1ccccc1. The van der Waals surface area contributed by atoms with Crippen LogP contribution in [0.15, 0.2) is 30.3 Å². The van der Waals surface area contributed by atoms with E-state index < -0.39 is 0 Å². The summed E-state index contributed by atoms with van der Waals surface area (Å²) in [6.45, 7) is 5.17. The van der Waals surface area contributed by atoms with Gasteiger partial charge in [0.1, 0.15) is 0 Å². The summed E-state index contributed by atoms with van der Waals surface area (Å²) >= 11 is 0. The molecule has 0 aromatic heterocycles. The Morgan fingerprint density at radius 3 is 2.56 bits per heavy atom. The summed E-state index contributed by atoms with van der Waals surface area (Å²) in [6, 6.07) is 9.89. The molecule has 3 heteroatoms. The maximum absolute atomic E-state index is 12.1. The Kier molecular flexibility index (Phi) is 6.44. The van der Waals surface area contributed by atoms with Crippen molar-refractivity contribution < 1.29 is 9.90 Å². The van der Waals surface area contributed by atoms with Crippen LogP contribution in [0.5, 0.6) is 0 Å². The predicted octanol–water partition coefficient (Wildman–Crippen LogP) is 2.44. The molecular formula is C15H23NO2. The maximum atomic E-state index is 12.1. The summed E-state index contributed by atoms with van der Waals surface area (Å²) in [6.07, 6.45) is 1.56. The van der Waals surface area contributed by atoms with Crippen LogP contribution >= 0.6 is 0 Å². The molecule has 1 unspecified atom stereocenters. The summed E-state index contributed by atoms with van der Waals surface area (Å²) in [7, 11) is 0. The minimum Gasteiger partial charge on any atom is -0.395 e. The topological polar surface area (TPSA) is 40.5 Å². The normalized spacial score (nSPS) is 12.2. The average molecular weight is 249 g/mol. The quantitative estimate of drug-likeness (QED) is 0.806. The predicted molar refractivity (Wildman–Crippen MR) is 73.0 cm³/mol. The van der Waals surface area contributed by atoms with Gasteiger partial charge in [0.15, 0.2) is 0 Å². The second-order valence-electron chi connectivity index (χ2n) is 4.74. The number of benzene rings is 1. The van der Waals surface area contributed by atoms with Gasteiger partial charge in [-0.05, 0) is 11.5 Å². The van der Waals surface area contributed by atoms with Crippen LogP contribution < -0.4 is 0 Å². The smallest absolute Gasteiger partial charge is 0.223 e. The fraction of sp³-hybridized carbons (Fsp3) is 0.533. The second kappa shape index (κ2) is 7.88. The molecule has 1 amide bonds. The third kappa shape index (κ3) is 4.88. The summed E-state index contributed by atoms with van der Waals surface area (Å²) in [5.74, 6) is 0.525. The van der Waals surface area contributed by atoms with E-state index in [2.05, 4.69) is 13.8 Å². The molecule has 1 N–H and O–H groups in total. The van der Waals surface area contributed by atoms with Crippen molar-refractivity contribution in [2.24, 2.45) is 5.92 Å². The molecule has 0 aliphatic rings. The van der Waals surface area contributed by atoms with E-state index in [1.54, 1.807) is 4.90 Å². The van der Waals surface area contributed by atoms with Gasteiger partial charge in [0, 0.05) is 19.5 Å². The van der Waals surface area contributed by atoms with Gasteiger partial charge in [0.05, 0.1) is 6.61 Å². The summed E-state index contributed by atoms with van der Waals surface area (Å²) in [5.41, 5.74) is 1.10. The van der Waals surface area contributed by atoms with Gasteiger partial charge in [-0.15, -0.1) is 0 Å². The number of amides is 1. The molecule has 0 fully saturated rings. The molecule has 1 aromatic rings. The van der Waals surface area contributed by atoms with Crippen LogP contribution in [0.1, 0.15) is 32.3 Å². The fourth-order valence-electron chi connectivity index (χ4n) is 1.79. The molecule has 100 valence electrons. The number of aliphatic hydroxyl groups is 1. The van der Waals surface area contributed by atoms with E-state index in [9.17, 15) is 4.79 Å².